The van der Waals surface area contributed by atoms with E-state index >= 15 is 0 Å². The van der Waals surface area contributed by atoms with Crippen molar-refractivity contribution >= 4 is 0 Å². The molecule has 2 heteroatoms. The van der Waals surface area contributed by atoms with Crippen LogP contribution < -0.4 is 4.74 Å². The van der Waals surface area contributed by atoms with Gasteiger partial charge >= 0.3 is 0 Å². The predicted octanol–water partition coefficient (Wildman–Crippen LogP) is 4.24. The van der Waals surface area contributed by atoms with Crippen LogP contribution in [0.25, 0.3) is 0 Å². The minimum absolute atomic E-state index is 0.141. The zero-order valence-electron chi connectivity index (χ0n) is 12.0. The molecular weight excluding hydrogens is 246 g/mol. The van der Waals surface area contributed by atoms with Crippen molar-refractivity contribution in [3.8, 4) is 11.8 Å². The Morgan fingerprint density at radius 2 is 1.80 bits per heavy atom. The highest BCUT2D eigenvalue weighted by Gasteiger charge is 2.15. The second kappa shape index (κ2) is 6.77. The molecule has 20 heavy (non-hydrogen) atoms. The molecule has 0 spiro atoms. The minimum atomic E-state index is -0.141. The van der Waals surface area contributed by atoms with Gasteiger partial charge in [-0.3, -0.25) is 0 Å². The van der Waals surface area contributed by atoms with Gasteiger partial charge in [-0.05, 0) is 43.0 Å². The summed E-state index contributed by atoms with van der Waals surface area (Å²) in [4.78, 5) is 0. The third-order valence-corrected chi connectivity index (χ3v) is 3.42. The number of hydrogen-bond acceptors (Lipinski definition) is 2. The summed E-state index contributed by atoms with van der Waals surface area (Å²) in [5, 5.41) is 9.50. The van der Waals surface area contributed by atoms with Crippen molar-refractivity contribution < 1.29 is 4.74 Å². The second-order valence-corrected chi connectivity index (χ2v) is 4.78. The number of ether oxygens (including phenoxy) is 1. The van der Waals surface area contributed by atoms with Gasteiger partial charge in [0.2, 0.25) is 0 Å². The molecule has 0 aliphatic rings. The Morgan fingerprint density at radius 1 is 1.10 bits per heavy atom. The number of rotatable bonds is 5. The smallest absolute Gasteiger partial charge is 0.122 e. The lowest BCUT2D eigenvalue weighted by Crippen LogP contribution is -2.05. The van der Waals surface area contributed by atoms with Crippen LogP contribution in [-0.4, -0.2) is 6.61 Å². The Bertz CT molecular complexity index is 613. The molecule has 1 unspecified atom stereocenters. The molecule has 0 amide bonds. The topological polar surface area (TPSA) is 33.0 Å². The van der Waals surface area contributed by atoms with Gasteiger partial charge in [0, 0.05) is 0 Å². The van der Waals surface area contributed by atoms with Gasteiger partial charge in [-0.25, -0.2) is 0 Å². The van der Waals surface area contributed by atoms with Gasteiger partial charge in [-0.1, -0.05) is 42.5 Å². The number of nitrogens with zero attached hydrogens (tertiary/aromatic N) is 1. The number of hydrogen-bond donors (Lipinski definition) is 0. The van der Waals surface area contributed by atoms with Crippen LogP contribution in [0.5, 0.6) is 5.75 Å². The second-order valence-electron chi connectivity index (χ2n) is 4.78. The molecule has 2 aromatic carbocycles. The molecule has 0 fully saturated rings. The van der Waals surface area contributed by atoms with E-state index in [0.717, 1.165) is 22.4 Å². The highest BCUT2D eigenvalue weighted by Crippen LogP contribution is 2.27. The molecule has 2 aromatic rings. The van der Waals surface area contributed by atoms with E-state index in [1.54, 1.807) is 0 Å². The van der Waals surface area contributed by atoms with Gasteiger partial charge in [0.1, 0.15) is 5.75 Å². The molecule has 0 saturated carbocycles. The van der Waals surface area contributed by atoms with E-state index in [2.05, 4.69) is 6.07 Å². The quantitative estimate of drug-likeness (QED) is 0.810. The fraction of sp³-hybridized carbons (Fsp3) is 0.278. The zero-order chi connectivity index (χ0) is 14.4. The standard InChI is InChI=1S/C18H19NO/c1-3-20-18-11-7-5-9-15(18)12-16(13-19)17-10-6-4-8-14(17)2/h4-11,16H,3,12H2,1-2H3. The van der Waals surface area contributed by atoms with Crippen LogP contribution in [0.3, 0.4) is 0 Å². The highest BCUT2D eigenvalue weighted by molar-refractivity contribution is 5.39. The van der Waals surface area contributed by atoms with Crippen LogP contribution in [0, 0.1) is 18.3 Å². The third kappa shape index (κ3) is 3.19. The highest BCUT2D eigenvalue weighted by atomic mass is 16.5. The molecule has 0 aliphatic carbocycles. The fourth-order valence-electron chi connectivity index (χ4n) is 2.39. The molecule has 2 nitrogen and oxygen atoms in total. The van der Waals surface area contributed by atoms with E-state index in [1.807, 2.05) is 62.4 Å². The first-order valence-corrected chi connectivity index (χ1v) is 6.92. The van der Waals surface area contributed by atoms with E-state index in [9.17, 15) is 5.26 Å². The molecule has 0 aromatic heterocycles. The van der Waals surface area contributed by atoms with Crippen molar-refractivity contribution in [2.24, 2.45) is 0 Å². The molecule has 0 N–H and O–H groups in total. The Hall–Kier alpha value is -2.27. The van der Waals surface area contributed by atoms with Crippen LogP contribution in [0.15, 0.2) is 48.5 Å². The Labute approximate surface area is 120 Å². The number of aryl methyl sites for hydroxylation is 1. The Morgan fingerprint density at radius 3 is 2.50 bits per heavy atom. The maximum absolute atomic E-state index is 9.50. The molecular formula is C18H19NO. The van der Waals surface area contributed by atoms with Gasteiger partial charge in [0.15, 0.2) is 0 Å². The predicted molar refractivity (Wildman–Crippen MR) is 80.8 cm³/mol. The van der Waals surface area contributed by atoms with Gasteiger partial charge in [-0.15, -0.1) is 0 Å². The maximum Gasteiger partial charge on any atom is 0.122 e. The van der Waals surface area contributed by atoms with Crippen molar-refractivity contribution in [3.63, 3.8) is 0 Å². The molecule has 0 bridgehead atoms. The Kier molecular flexibility index (Phi) is 4.79. The lowest BCUT2D eigenvalue weighted by atomic mass is 9.90. The summed E-state index contributed by atoms with van der Waals surface area (Å²) in [5.41, 5.74) is 3.35. The lowest BCUT2D eigenvalue weighted by molar-refractivity contribution is 0.336. The van der Waals surface area contributed by atoms with Crippen LogP contribution in [0.1, 0.15) is 29.5 Å². The molecule has 0 aliphatic heterocycles. The zero-order valence-corrected chi connectivity index (χ0v) is 12.0. The van der Waals surface area contributed by atoms with Crippen molar-refractivity contribution in [3.05, 3.63) is 65.2 Å². The first-order valence-electron chi connectivity index (χ1n) is 6.92. The number of para-hydroxylation sites is 1. The van der Waals surface area contributed by atoms with Crippen LogP contribution in [0.2, 0.25) is 0 Å². The van der Waals surface area contributed by atoms with Crippen molar-refractivity contribution in [2.45, 2.75) is 26.2 Å². The van der Waals surface area contributed by atoms with Crippen LogP contribution >= 0.6 is 0 Å². The third-order valence-electron chi connectivity index (χ3n) is 3.42. The summed E-state index contributed by atoms with van der Waals surface area (Å²) in [5.74, 6) is 0.738. The summed E-state index contributed by atoms with van der Waals surface area (Å²) in [6.07, 6.45) is 0.678. The van der Waals surface area contributed by atoms with Crippen molar-refractivity contribution in [1.82, 2.24) is 0 Å². The van der Waals surface area contributed by atoms with Crippen molar-refractivity contribution in [1.29, 1.82) is 5.26 Å². The maximum atomic E-state index is 9.50. The summed E-state index contributed by atoms with van der Waals surface area (Å²) in [6, 6.07) is 18.4. The summed E-state index contributed by atoms with van der Waals surface area (Å²) < 4.78 is 5.64. The molecule has 0 heterocycles. The van der Waals surface area contributed by atoms with Gasteiger partial charge in [-0.2, -0.15) is 5.26 Å². The van der Waals surface area contributed by atoms with E-state index in [1.165, 1.54) is 0 Å². The molecule has 0 saturated heterocycles. The average Bonchev–Trinajstić information content (AvgIpc) is 2.47. The molecule has 2 rings (SSSR count). The van der Waals surface area contributed by atoms with E-state index in [0.29, 0.717) is 13.0 Å². The van der Waals surface area contributed by atoms with Gasteiger partial charge in [0.25, 0.3) is 0 Å². The van der Waals surface area contributed by atoms with Gasteiger partial charge < -0.3 is 4.74 Å². The number of benzene rings is 2. The van der Waals surface area contributed by atoms with Crippen LogP contribution in [0.4, 0.5) is 0 Å². The van der Waals surface area contributed by atoms with Gasteiger partial charge in [0.05, 0.1) is 18.6 Å². The largest absolute Gasteiger partial charge is 0.494 e. The first-order chi connectivity index (χ1) is 9.76. The van der Waals surface area contributed by atoms with Crippen LogP contribution in [-0.2, 0) is 6.42 Å². The average molecular weight is 265 g/mol. The summed E-state index contributed by atoms with van der Waals surface area (Å²) in [6.45, 7) is 4.66. The summed E-state index contributed by atoms with van der Waals surface area (Å²) >= 11 is 0. The SMILES string of the molecule is CCOc1ccccc1CC(C#N)c1ccccc1C. The minimum Gasteiger partial charge on any atom is -0.494 e. The molecule has 102 valence electrons. The van der Waals surface area contributed by atoms with E-state index in [-0.39, 0.29) is 5.92 Å². The lowest BCUT2D eigenvalue weighted by Gasteiger charge is -2.15. The normalized spacial score (nSPS) is 11.7. The molecule has 0 radical (unpaired) electrons. The molecule has 1 atom stereocenters. The monoisotopic (exact) mass is 265 g/mol. The fourth-order valence-corrected chi connectivity index (χ4v) is 2.39. The summed E-state index contributed by atoms with van der Waals surface area (Å²) in [7, 11) is 0. The first kappa shape index (κ1) is 14.1. The van der Waals surface area contributed by atoms with E-state index < -0.39 is 0 Å². The Balaban J connectivity index is 2.28. The van der Waals surface area contributed by atoms with Crippen molar-refractivity contribution in [2.75, 3.05) is 6.61 Å². The number of nitriles is 1. The van der Waals surface area contributed by atoms with E-state index in [4.69, 9.17) is 4.74 Å².